The van der Waals surface area contributed by atoms with Crippen LogP contribution >= 0.6 is 0 Å². The van der Waals surface area contributed by atoms with Crippen molar-refractivity contribution in [1.29, 1.82) is 0 Å². The van der Waals surface area contributed by atoms with Crippen molar-refractivity contribution in [3.05, 3.63) is 0 Å². The Kier molecular flexibility index (Phi) is 4.23. The van der Waals surface area contributed by atoms with Crippen molar-refractivity contribution in [2.24, 2.45) is 0 Å². The molecule has 8 nitrogen and oxygen atoms in total. The Balaban J connectivity index is 2.85. The minimum absolute atomic E-state index is 0.644. The molecule has 1 saturated heterocycles. The standard InChI is InChI=1S/C7H14O8S/c1-16(12,13)15-6-4(9)3(2-8)14-7(11)5(6)10/h3-11H,2H2,1H3/t3-,4-,5-,6+,7?/m1/s1. The van der Waals surface area contributed by atoms with Gasteiger partial charge in [-0.1, -0.05) is 0 Å². The summed E-state index contributed by atoms with van der Waals surface area (Å²) in [5.41, 5.74) is 0. The van der Waals surface area contributed by atoms with Gasteiger partial charge in [-0.25, -0.2) is 0 Å². The molecule has 0 radical (unpaired) electrons. The fourth-order valence-electron chi connectivity index (χ4n) is 1.38. The summed E-state index contributed by atoms with van der Waals surface area (Å²) in [5.74, 6) is 0. The topological polar surface area (TPSA) is 134 Å². The first-order valence-corrected chi connectivity index (χ1v) is 6.26. The van der Waals surface area contributed by atoms with Gasteiger partial charge in [0, 0.05) is 0 Å². The lowest BCUT2D eigenvalue weighted by Gasteiger charge is -2.39. The Bertz CT molecular complexity index is 327. The summed E-state index contributed by atoms with van der Waals surface area (Å²) >= 11 is 0. The lowest BCUT2D eigenvalue weighted by atomic mass is 9.99. The van der Waals surface area contributed by atoms with Gasteiger partial charge >= 0.3 is 0 Å². The minimum Gasteiger partial charge on any atom is -0.394 e. The van der Waals surface area contributed by atoms with Crippen molar-refractivity contribution in [2.75, 3.05) is 12.9 Å². The molecule has 9 heteroatoms. The molecule has 0 saturated carbocycles. The van der Waals surface area contributed by atoms with Crippen LogP contribution in [0.25, 0.3) is 0 Å². The van der Waals surface area contributed by atoms with E-state index in [-0.39, 0.29) is 0 Å². The van der Waals surface area contributed by atoms with Crippen LogP contribution < -0.4 is 0 Å². The molecule has 1 aliphatic heterocycles. The Morgan fingerprint density at radius 2 is 1.81 bits per heavy atom. The highest BCUT2D eigenvalue weighted by Gasteiger charge is 2.46. The first kappa shape index (κ1) is 13.8. The van der Waals surface area contributed by atoms with Crippen LogP contribution in [0.2, 0.25) is 0 Å². The Morgan fingerprint density at radius 3 is 2.25 bits per heavy atom. The molecule has 0 aromatic carbocycles. The Labute approximate surface area is 92.2 Å². The summed E-state index contributed by atoms with van der Waals surface area (Å²) < 4.78 is 30.8. The summed E-state index contributed by atoms with van der Waals surface area (Å²) in [6.45, 7) is -0.644. The maximum Gasteiger partial charge on any atom is 0.264 e. The van der Waals surface area contributed by atoms with Crippen molar-refractivity contribution >= 4 is 10.1 Å². The molecule has 0 aromatic heterocycles. The lowest BCUT2D eigenvalue weighted by Crippen LogP contribution is -2.59. The van der Waals surface area contributed by atoms with E-state index in [9.17, 15) is 23.7 Å². The van der Waals surface area contributed by atoms with Gasteiger partial charge in [0.2, 0.25) is 0 Å². The Hall–Kier alpha value is -0.290. The smallest absolute Gasteiger partial charge is 0.264 e. The zero-order valence-corrected chi connectivity index (χ0v) is 9.24. The molecule has 0 spiro atoms. The average Bonchev–Trinajstić information content (AvgIpc) is 2.17. The fraction of sp³-hybridized carbons (Fsp3) is 1.00. The number of ether oxygens (including phenoxy) is 1. The molecular weight excluding hydrogens is 244 g/mol. The van der Waals surface area contributed by atoms with Gasteiger partial charge in [0.15, 0.2) is 6.29 Å². The molecule has 0 aliphatic carbocycles. The SMILES string of the molecule is CS(=O)(=O)O[C@H]1[C@H](O)[C@@H](CO)OC(O)[C@@H]1O. The largest absolute Gasteiger partial charge is 0.394 e. The lowest BCUT2D eigenvalue weighted by molar-refractivity contribution is -0.281. The summed E-state index contributed by atoms with van der Waals surface area (Å²) in [6, 6.07) is 0. The third-order valence-electron chi connectivity index (χ3n) is 2.13. The van der Waals surface area contributed by atoms with E-state index in [2.05, 4.69) is 8.92 Å². The molecule has 4 N–H and O–H groups in total. The molecular formula is C7H14O8S. The van der Waals surface area contributed by atoms with Gasteiger partial charge in [0.25, 0.3) is 10.1 Å². The van der Waals surface area contributed by atoms with Crippen LogP contribution in [-0.2, 0) is 19.0 Å². The van der Waals surface area contributed by atoms with Gasteiger partial charge in [-0.3, -0.25) is 4.18 Å². The number of hydrogen-bond donors (Lipinski definition) is 4. The van der Waals surface area contributed by atoms with Gasteiger partial charge in [-0.2, -0.15) is 8.42 Å². The highest BCUT2D eigenvalue weighted by Crippen LogP contribution is 2.23. The summed E-state index contributed by atoms with van der Waals surface area (Å²) in [6.07, 6.45) is -7.05. The van der Waals surface area contributed by atoms with Crippen LogP contribution in [0.5, 0.6) is 0 Å². The van der Waals surface area contributed by atoms with Crippen molar-refractivity contribution in [1.82, 2.24) is 0 Å². The minimum atomic E-state index is -3.91. The monoisotopic (exact) mass is 258 g/mol. The number of aliphatic hydroxyl groups is 4. The second-order valence-corrected chi connectivity index (χ2v) is 5.09. The molecule has 1 heterocycles. The van der Waals surface area contributed by atoms with E-state index in [0.29, 0.717) is 0 Å². The molecule has 0 bridgehead atoms. The van der Waals surface area contributed by atoms with Gasteiger partial charge in [0.05, 0.1) is 12.9 Å². The predicted molar refractivity (Wildman–Crippen MR) is 49.7 cm³/mol. The Morgan fingerprint density at radius 1 is 1.25 bits per heavy atom. The molecule has 16 heavy (non-hydrogen) atoms. The van der Waals surface area contributed by atoms with Crippen LogP contribution in [0.4, 0.5) is 0 Å². The quantitative estimate of drug-likeness (QED) is 0.388. The molecule has 1 fully saturated rings. The zero-order valence-electron chi connectivity index (χ0n) is 8.42. The average molecular weight is 258 g/mol. The first-order valence-electron chi connectivity index (χ1n) is 4.45. The third-order valence-corrected chi connectivity index (χ3v) is 2.70. The maximum absolute atomic E-state index is 10.9. The highest BCUT2D eigenvalue weighted by molar-refractivity contribution is 7.86. The van der Waals surface area contributed by atoms with Crippen LogP contribution in [0.15, 0.2) is 0 Å². The van der Waals surface area contributed by atoms with E-state index in [1.807, 2.05) is 0 Å². The van der Waals surface area contributed by atoms with Gasteiger partial charge in [-0.05, 0) is 0 Å². The molecule has 96 valence electrons. The van der Waals surface area contributed by atoms with E-state index in [4.69, 9.17) is 5.11 Å². The first-order chi connectivity index (χ1) is 7.26. The highest BCUT2D eigenvalue weighted by atomic mass is 32.2. The van der Waals surface area contributed by atoms with E-state index in [1.165, 1.54) is 0 Å². The van der Waals surface area contributed by atoms with Crippen molar-refractivity contribution in [3.8, 4) is 0 Å². The summed E-state index contributed by atoms with van der Waals surface area (Å²) in [4.78, 5) is 0. The van der Waals surface area contributed by atoms with Crippen molar-refractivity contribution in [2.45, 2.75) is 30.7 Å². The second-order valence-electron chi connectivity index (χ2n) is 3.49. The van der Waals surface area contributed by atoms with Crippen LogP contribution in [0.1, 0.15) is 0 Å². The van der Waals surface area contributed by atoms with Crippen molar-refractivity contribution < 1.29 is 37.8 Å². The van der Waals surface area contributed by atoms with Crippen LogP contribution in [0.3, 0.4) is 0 Å². The molecule has 1 aliphatic rings. The second kappa shape index (κ2) is 4.92. The van der Waals surface area contributed by atoms with E-state index in [0.717, 1.165) is 6.26 Å². The molecule has 5 atom stereocenters. The predicted octanol–water partition coefficient (Wildman–Crippen LogP) is -3.24. The molecule has 1 rings (SSSR count). The van der Waals surface area contributed by atoms with Gasteiger partial charge < -0.3 is 25.2 Å². The van der Waals surface area contributed by atoms with E-state index < -0.39 is 47.4 Å². The maximum atomic E-state index is 10.9. The molecule has 0 amide bonds. The normalized spacial score (nSPS) is 40.9. The molecule has 1 unspecified atom stereocenters. The summed E-state index contributed by atoms with van der Waals surface area (Å²) in [5, 5.41) is 36.9. The molecule has 0 aromatic rings. The van der Waals surface area contributed by atoms with Crippen LogP contribution in [0, 0.1) is 0 Å². The number of rotatable bonds is 3. The fourth-order valence-corrected chi connectivity index (χ4v) is 2.01. The third kappa shape index (κ3) is 3.10. The van der Waals surface area contributed by atoms with Crippen molar-refractivity contribution in [3.63, 3.8) is 0 Å². The van der Waals surface area contributed by atoms with Gasteiger partial charge in [-0.15, -0.1) is 0 Å². The van der Waals surface area contributed by atoms with Gasteiger partial charge in [0.1, 0.15) is 24.4 Å². The summed E-state index contributed by atoms with van der Waals surface area (Å²) in [7, 11) is -3.91. The number of hydrogen-bond acceptors (Lipinski definition) is 8. The van der Waals surface area contributed by atoms with E-state index >= 15 is 0 Å². The van der Waals surface area contributed by atoms with E-state index in [1.54, 1.807) is 0 Å². The van der Waals surface area contributed by atoms with Crippen LogP contribution in [-0.4, -0.2) is 72.4 Å². The number of aliphatic hydroxyl groups excluding tert-OH is 4. The zero-order chi connectivity index (χ0) is 12.5.